The Morgan fingerprint density at radius 3 is 2.38 bits per heavy atom. The summed E-state index contributed by atoms with van der Waals surface area (Å²) in [6.45, 7) is 4.25. The third kappa shape index (κ3) is 2.58. The molecular formula is C5H12N2O. The van der Waals surface area contributed by atoms with Gasteiger partial charge in [0.1, 0.15) is 0 Å². The third-order valence-corrected chi connectivity index (χ3v) is 0.868. The maximum Gasteiger partial charge on any atom is 0.233 e. The molecular weight excluding hydrogens is 104 g/mol. The molecule has 0 aliphatic rings. The van der Waals surface area contributed by atoms with Crippen LogP contribution in [0.3, 0.4) is 0 Å². The molecule has 0 radical (unpaired) electrons. The lowest BCUT2D eigenvalue weighted by atomic mass is 10.7. The van der Waals surface area contributed by atoms with Gasteiger partial charge in [0.05, 0.1) is 0 Å². The van der Waals surface area contributed by atoms with Gasteiger partial charge in [0.15, 0.2) is 0 Å². The van der Waals surface area contributed by atoms with Crippen molar-refractivity contribution in [2.24, 2.45) is 0 Å². The van der Waals surface area contributed by atoms with Crippen molar-refractivity contribution in [1.29, 1.82) is 0 Å². The van der Waals surface area contributed by atoms with E-state index in [9.17, 15) is 4.79 Å². The third-order valence-electron chi connectivity index (χ3n) is 0.868. The first-order valence-electron chi connectivity index (χ1n) is 2.66. The summed E-state index contributed by atoms with van der Waals surface area (Å²) in [5.41, 5.74) is 2.83. The van der Waals surface area contributed by atoms with Gasteiger partial charge in [-0.05, 0) is 0 Å². The van der Waals surface area contributed by atoms with Gasteiger partial charge in [0.25, 0.3) is 0 Å². The van der Waals surface area contributed by atoms with Crippen molar-refractivity contribution in [3.8, 4) is 0 Å². The van der Waals surface area contributed by atoms with E-state index in [0.29, 0.717) is 0 Å². The fourth-order valence-electron chi connectivity index (χ4n) is 0.349. The highest BCUT2D eigenvalue weighted by Crippen LogP contribution is 1.72. The summed E-state index contributed by atoms with van der Waals surface area (Å²) in [5, 5.41) is 1.46. The SMILES string of the molecule is CCNN(C)C(C)=O. The van der Waals surface area contributed by atoms with Crippen LogP contribution in [0.2, 0.25) is 0 Å². The summed E-state index contributed by atoms with van der Waals surface area (Å²) in [7, 11) is 1.70. The fourth-order valence-corrected chi connectivity index (χ4v) is 0.349. The lowest BCUT2D eigenvalue weighted by Crippen LogP contribution is -2.37. The number of carbonyl (C=O) groups is 1. The lowest BCUT2D eigenvalue weighted by molar-refractivity contribution is -0.130. The van der Waals surface area contributed by atoms with Crippen molar-refractivity contribution in [3.63, 3.8) is 0 Å². The van der Waals surface area contributed by atoms with E-state index in [4.69, 9.17) is 0 Å². The molecule has 1 amide bonds. The van der Waals surface area contributed by atoms with E-state index in [2.05, 4.69) is 5.43 Å². The van der Waals surface area contributed by atoms with E-state index >= 15 is 0 Å². The van der Waals surface area contributed by atoms with Gasteiger partial charge in [-0.2, -0.15) is 0 Å². The zero-order chi connectivity index (χ0) is 6.57. The molecule has 0 bridgehead atoms. The number of carbonyl (C=O) groups excluding carboxylic acids is 1. The Balaban J connectivity index is 3.32. The average Bonchev–Trinajstić information content (AvgIpc) is 1.67. The summed E-state index contributed by atoms with van der Waals surface area (Å²) in [6, 6.07) is 0. The Morgan fingerprint density at radius 1 is 1.75 bits per heavy atom. The Hall–Kier alpha value is -0.570. The second-order valence-corrected chi connectivity index (χ2v) is 1.59. The molecule has 8 heavy (non-hydrogen) atoms. The van der Waals surface area contributed by atoms with E-state index in [1.54, 1.807) is 7.05 Å². The van der Waals surface area contributed by atoms with E-state index in [0.717, 1.165) is 6.54 Å². The zero-order valence-electron chi connectivity index (χ0n) is 5.56. The molecule has 0 spiro atoms. The monoisotopic (exact) mass is 116 g/mol. The molecule has 0 saturated heterocycles. The summed E-state index contributed by atoms with van der Waals surface area (Å²) >= 11 is 0. The standard InChI is InChI=1S/C5H12N2O/c1-4-6-7(3)5(2)8/h6H,4H2,1-3H3. The highest BCUT2D eigenvalue weighted by atomic mass is 16.2. The van der Waals surface area contributed by atoms with Crippen LogP contribution in [0.1, 0.15) is 13.8 Å². The maximum atomic E-state index is 10.4. The van der Waals surface area contributed by atoms with Crippen LogP contribution in [0.5, 0.6) is 0 Å². The predicted molar refractivity (Wildman–Crippen MR) is 32.1 cm³/mol. The number of rotatable bonds is 2. The fraction of sp³-hybridized carbons (Fsp3) is 0.800. The molecule has 0 aromatic heterocycles. The normalized spacial score (nSPS) is 8.88. The Labute approximate surface area is 49.6 Å². The topological polar surface area (TPSA) is 32.3 Å². The van der Waals surface area contributed by atoms with Crippen LogP contribution in [0.15, 0.2) is 0 Å². The highest BCUT2D eigenvalue weighted by Gasteiger charge is 1.95. The van der Waals surface area contributed by atoms with E-state index < -0.39 is 0 Å². The minimum absolute atomic E-state index is 0.0341. The zero-order valence-corrected chi connectivity index (χ0v) is 5.56. The van der Waals surface area contributed by atoms with E-state index in [1.165, 1.54) is 11.9 Å². The van der Waals surface area contributed by atoms with Gasteiger partial charge in [-0.1, -0.05) is 6.92 Å². The van der Waals surface area contributed by atoms with Gasteiger partial charge < -0.3 is 0 Å². The minimum atomic E-state index is 0.0341. The Morgan fingerprint density at radius 2 is 2.25 bits per heavy atom. The number of hydrazine groups is 1. The average molecular weight is 116 g/mol. The Bertz CT molecular complexity index is 82.5. The van der Waals surface area contributed by atoms with Crippen LogP contribution >= 0.6 is 0 Å². The van der Waals surface area contributed by atoms with Crippen molar-refractivity contribution >= 4 is 5.91 Å². The van der Waals surface area contributed by atoms with Gasteiger partial charge in [-0.25, -0.2) is 5.43 Å². The summed E-state index contributed by atoms with van der Waals surface area (Å²) < 4.78 is 0. The number of hydrogen-bond donors (Lipinski definition) is 1. The first-order valence-corrected chi connectivity index (χ1v) is 2.66. The second kappa shape index (κ2) is 3.43. The number of hydrogen-bond acceptors (Lipinski definition) is 2. The van der Waals surface area contributed by atoms with Gasteiger partial charge in [-0.3, -0.25) is 9.80 Å². The van der Waals surface area contributed by atoms with Gasteiger partial charge in [0, 0.05) is 20.5 Å². The predicted octanol–water partition coefficient (Wildman–Crippen LogP) is -0.0108. The quantitative estimate of drug-likeness (QED) is 0.514. The van der Waals surface area contributed by atoms with Crippen molar-refractivity contribution < 1.29 is 4.79 Å². The minimum Gasteiger partial charge on any atom is -0.281 e. The molecule has 3 heteroatoms. The van der Waals surface area contributed by atoms with Crippen molar-refractivity contribution in [2.45, 2.75) is 13.8 Å². The smallest absolute Gasteiger partial charge is 0.233 e. The van der Waals surface area contributed by atoms with Crippen molar-refractivity contribution in [3.05, 3.63) is 0 Å². The molecule has 0 fully saturated rings. The highest BCUT2D eigenvalue weighted by molar-refractivity contribution is 5.72. The van der Waals surface area contributed by atoms with E-state index in [-0.39, 0.29) is 5.91 Å². The van der Waals surface area contributed by atoms with E-state index in [1.807, 2.05) is 6.92 Å². The van der Waals surface area contributed by atoms with Gasteiger partial charge in [-0.15, -0.1) is 0 Å². The van der Waals surface area contributed by atoms with Crippen molar-refractivity contribution in [2.75, 3.05) is 13.6 Å². The lowest BCUT2D eigenvalue weighted by Gasteiger charge is -2.13. The van der Waals surface area contributed by atoms with Crippen molar-refractivity contribution in [1.82, 2.24) is 10.4 Å². The number of amides is 1. The number of nitrogens with one attached hydrogen (secondary N) is 1. The van der Waals surface area contributed by atoms with Crippen LogP contribution in [-0.4, -0.2) is 24.5 Å². The molecule has 1 N–H and O–H groups in total. The molecule has 0 saturated carbocycles. The maximum absolute atomic E-state index is 10.4. The molecule has 0 aromatic carbocycles. The number of nitrogens with zero attached hydrogens (tertiary/aromatic N) is 1. The van der Waals surface area contributed by atoms with Crippen LogP contribution in [0.25, 0.3) is 0 Å². The summed E-state index contributed by atoms with van der Waals surface area (Å²) in [5.74, 6) is 0.0341. The summed E-state index contributed by atoms with van der Waals surface area (Å²) in [4.78, 5) is 10.4. The van der Waals surface area contributed by atoms with Crippen LogP contribution in [0, 0.1) is 0 Å². The molecule has 0 aliphatic carbocycles. The van der Waals surface area contributed by atoms with Gasteiger partial charge in [0.2, 0.25) is 5.91 Å². The second-order valence-electron chi connectivity index (χ2n) is 1.59. The summed E-state index contributed by atoms with van der Waals surface area (Å²) in [6.07, 6.45) is 0. The molecule has 0 atom stereocenters. The molecule has 0 aliphatic heterocycles. The first kappa shape index (κ1) is 7.43. The van der Waals surface area contributed by atoms with Crippen LogP contribution in [-0.2, 0) is 4.79 Å². The molecule has 0 rings (SSSR count). The van der Waals surface area contributed by atoms with Crippen LogP contribution in [0.4, 0.5) is 0 Å². The molecule has 3 nitrogen and oxygen atoms in total. The van der Waals surface area contributed by atoms with Crippen LogP contribution < -0.4 is 5.43 Å². The molecule has 0 unspecified atom stereocenters. The largest absolute Gasteiger partial charge is 0.281 e. The molecule has 48 valence electrons. The van der Waals surface area contributed by atoms with Gasteiger partial charge >= 0.3 is 0 Å². The molecule has 0 heterocycles. The first-order chi connectivity index (χ1) is 3.68. The Kier molecular flexibility index (Phi) is 3.19. The molecule has 0 aromatic rings.